The maximum Gasteiger partial charge on any atom is 0.138 e. The number of benzene rings is 1. The Balaban J connectivity index is 2.71. The van der Waals surface area contributed by atoms with Gasteiger partial charge >= 0.3 is 0 Å². The van der Waals surface area contributed by atoms with Gasteiger partial charge in [0, 0.05) is 11.1 Å². The van der Waals surface area contributed by atoms with Gasteiger partial charge < -0.3 is 10.8 Å². The van der Waals surface area contributed by atoms with Crippen LogP contribution in [0, 0.1) is 0 Å². The van der Waals surface area contributed by atoms with Gasteiger partial charge in [-0.25, -0.2) is 0 Å². The number of nitrogens with two attached hydrogens (primary N) is 1. The SMILES string of the molecule is CC1(C)NC(C)(C)c2cc(O)c(N)cc21. The Bertz CT molecular complexity index is 383. The summed E-state index contributed by atoms with van der Waals surface area (Å²) in [5.41, 5.74) is 8.25. The van der Waals surface area contributed by atoms with Crippen LogP contribution in [0.2, 0.25) is 0 Å². The Morgan fingerprint density at radius 1 is 1.07 bits per heavy atom. The highest BCUT2D eigenvalue weighted by atomic mass is 16.3. The minimum absolute atomic E-state index is 0.0966. The molecule has 0 spiro atoms. The molecule has 0 aromatic heterocycles. The van der Waals surface area contributed by atoms with Gasteiger partial charge in [-0.3, -0.25) is 5.32 Å². The number of nitrogens with one attached hydrogen (secondary N) is 1. The third-order valence-corrected chi connectivity index (χ3v) is 3.14. The van der Waals surface area contributed by atoms with Crippen LogP contribution >= 0.6 is 0 Å². The largest absolute Gasteiger partial charge is 0.506 e. The predicted octanol–water partition coefficient (Wildman–Crippen LogP) is 2.05. The highest BCUT2D eigenvalue weighted by Gasteiger charge is 2.41. The van der Waals surface area contributed by atoms with Gasteiger partial charge in [-0.2, -0.15) is 0 Å². The summed E-state index contributed by atoms with van der Waals surface area (Å²) in [5.74, 6) is 0.168. The molecule has 1 aliphatic heterocycles. The minimum atomic E-state index is -0.121. The second kappa shape index (κ2) is 2.67. The van der Waals surface area contributed by atoms with E-state index in [1.54, 1.807) is 6.07 Å². The lowest BCUT2D eigenvalue weighted by atomic mass is 9.90. The summed E-state index contributed by atoms with van der Waals surface area (Å²) in [5, 5.41) is 13.2. The van der Waals surface area contributed by atoms with Crippen molar-refractivity contribution in [3.05, 3.63) is 23.3 Å². The van der Waals surface area contributed by atoms with Crippen molar-refractivity contribution in [3.8, 4) is 5.75 Å². The van der Waals surface area contributed by atoms with Gasteiger partial charge in [0.15, 0.2) is 0 Å². The molecule has 0 fully saturated rings. The van der Waals surface area contributed by atoms with Crippen molar-refractivity contribution >= 4 is 5.69 Å². The van der Waals surface area contributed by atoms with Crippen molar-refractivity contribution in [1.29, 1.82) is 0 Å². The first kappa shape index (κ1) is 10.3. The standard InChI is InChI=1S/C12H18N2O/c1-11(2)7-5-9(13)10(15)6-8(7)12(3,4)14-11/h5-6,14-15H,13H2,1-4H3. The van der Waals surface area contributed by atoms with Crippen molar-refractivity contribution in [2.24, 2.45) is 0 Å². The maximum atomic E-state index is 9.63. The van der Waals surface area contributed by atoms with E-state index in [4.69, 9.17) is 5.73 Å². The van der Waals surface area contributed by atoms with Gasteiger partial charge in [-0.05, 0) is 51.0 Å². The maximum absolute atomic E-state index is 9.63. The molecule has 0 radical (unpaired) electrons. The Morgan fingerprint density at radius 2 is 1.53 bits per heavy atom. The zero-order valence-electron chi connectivity index (χ0n) is 9.68. The molecule has 4 N–H and O–H groups in total. The lowest BCUT2D eigenvalue weighted by Crippen LogP contribution is -2.39. The molecule has 2 rings (SSSR count). The van der Waals surface area contributed by atoms with E-state index < -0.39 is 0 Å². The molecule has 1 aliphatic rings. The molecule has 0 aliphatic carbocycles. The Kier molecular flexibility index (Phi) is 1.83. The normalized spacial score (nSPS) is 21.3. The molecule has 0 unspecified atom stereocenters. The average molecular weight is 206 g/mol. The number of phenolic OH excluding ortho intramolecular Hbond substituents is 1. The van der Waals surface area contributed by atoms with Gasteiger partial charge in [-0.1, -0.05) is 0 Å². The van der Waals surface area contributed by atoms with E-state index in [-0.39, 0.29) is 16.8 Å². The summed E-state index contributed by atoms with van der Waals surface area (Å²) in [4.78, 5) is 0. The van der Waals surface area contributed by atoms with Crippen LogP contribution in [0.3, 0.4) is 0 Å². The van der Waals surface area contributed by atoms with Crippen LogP contribution in [0.4, 0.5) is 5.69 Å². The molecule has 3 nitrogen and oxygen atoms in total. The lowest BCUT2D eigenvalue weighted by molar-refractivity contribution is 0.319. The number of aromatic hydroxyl groups is 1. The fraction of sp³-hybridized carbons (Fsp3) is 0.500. The van der Waals surface area contributed by atoms with E-state index in [0.29, 0.717) is 5.69 Å². The number of phenols is 1. The molecule has 82 valence electrons. The van der Waals surface area contributed by atoms with Crippen molar-refractivity contribution in [3.63, 3.8) is 0 Å². The number of nitrogen functional groups attached to an aromatic ring is 1. The van der Waals surface area contributed by atoms with Crippen molar-refractivity contribution in [2.75, 3.05) is 5.73 Å². The third kappa shape index (κ3) is 1.38. The first-order chi connectivity index (χ1) is 6.74. The fourth-order valence-corrected chi connectivity index (χ4v) is 2.56. The third-order valence-electron chi connectivity index (χ3n) is 3.14. The van der Waals surface area contributed by atoms with E-state index >= 15 is 0 Å². The number of fused-ring (bicyclic) bond motifs is 1. The summed E-state index contributed by atoms with van der Waals surface area (Å²) in [6.45, 7) is 8.46. The van der Waals surface area contributed by atoms with Crippen LogP contribution in [0.1, 0.15) is 38.8 Å². The minimum Gasteiger partial charge on any atom is -0.506 e. The number of hydrogen-bond donors (Lipinski definition) is 3. The van der Waals surface area contributed by atoms with Gasteiger partial charge in [-0.15, -0.1) is 0 Å². The van der Waals surface area contributed by atoms with E-state index in [1.165, 1.54) is 5.56 Å². The van der Waals surface area contributed by atoms with Crippen LogP contribution < -0.4 is 11.1 Å². The molecule has 1 aromatic rings. The summed E-state index contributed by atoms with van der Waals surface area (Å²) in [7, 11) is 0. The summed E-state index contributed by atoms with van der Waals surface area (Å²) in [6, 6.07) is 3.64. The van der Waals surface area contributed by atoms with Gasteiger partial charge in [0.2, 0.25) is 0 Å². The second-order valence-electron chi connectivity index (χ2n) is 5.33. The molecule has 1 aromatic carbocycles. The monoisotopic (exact) mass is 206 g/mol. The van der Waals surface area contributed by atoms with E-state index in [9.17, 15) is 5.11 Å². The average Bonchev–Trinajstić information content (AvgIpc) is 2.21. The van der Waals surface area contributed by atoms with Crippen molar-refractivity contribution in [2.45, 2.75) is 38.8 Å². The quantitative estimate of drug-likeness (QED) is 0.450. The van der Waals surface area contributed by atoms with Gasteiger partial charge in [0.25, 0.3) is 0 Å². The smallest absolute Gasteiger partial charge is 0.138 e. The fourth-order valence-electron chi connectivity index (χ4n) is 2.56. The molecule has 0 saturated carbocycles. The highest BCUT2D eigenvalue weighted by molar-refractivity contribution is 5.60. The Hall–Kier alpha value is -1.22. The van der Waals surface area contributed by atoms with E-state index in [2.05, 4.69) is 33.0 Å². The van der Waals surface area contributed by atoms with Crippen LogP contribution in [0.25, 0.3) is 0 Å². The van der Waals surface area contributed by atoms with Gasteiger partial charge in [0.05, 0.1) is 5.69 Å². The van der Waals surface area contributed by atoms with E-state index in [1.807, 2.05) is 6.07 Å². The second-order valence-corrected chi connectivity index (χ2v) is 5.33. The Labute approximate surface area is 90.3 Å². The summed E-state index contributed by atoms with van der Waals surface area (Å²) in [6.07, 6.45) is 0. The van der Waals surface area contributed by atoms with Crippen LogP contribution in [-0.2, 0) is 11.1 Å². The Morgan fingerprint density at radius 3 is 2.07 bits per heavy atom. The predicted molar refractivity (Wildman–Crippen MR) is 61.7 cm³/mol. The molecule has 0 saturated heterocycles. The number of rotatable bonds is 0. The lowest BCUT2D eigenvalue weighted by Gasteiger charge is -2.25. The zero-order valence-corrected chi connectivity index (χ0v) is 9.68. The zero-order chi connectivity index (χ0) is 11.4. The molecule has 0 bridgehead atoms. The molecular formula is C12H18N2O. The topological polar surface area (TPSA) is 58.3 Å². The summed E-state index contributed by atoms with van der Waals surface area (Å²) < 4.78 is 0. The highest BCUT2D eigenvalue weighted by Crippen LogP contribution is 2.43. The molecule has 0 amide bonds. The molecule has 3 heteroatoms. The molecule has 15 heavy (non-hydrogen) atoms. The van der Waals surface area contributed by atoms with Crippen LogP contribution in [-0.4, -0.2) is 5.11 Å². The number of anilines is 1. The molecule has 1 heterocycles. The van der Waals surface area contributed by atoms with E-state index in [0.717, 1.165) is 5.56 Å². The summed E-state index contributed by atoms with van der Waals surface area (Å²) >= 11 is 0. The van der Waals surface area contributed by atoms with Crippen LogP contribution in [0.5, 0.6) is 5.75 Å². The first-order valence-corrected chi connectivity index (χ1v) is 5.17. The first-order valence-electron chi connectivity index (χ1n) is 5.17. The molecular weight excluding hydrogens is 188 g/mol. The van der Waals surface area contributed by atoms with Crippen LogP contribution in [0.15, 0.2) is 12.1 Å². The van der Waals surface area contributed by atoms with Crippen molar-refractivity contribution in [1.82, 2.24) is 5.32 Å². The van der Waals surface area contributed by atoms with Gasteiger partial charge in [0.1, 0.15) is 5.75 Å². The molecule has 0 atom stereocenters. The van der Waals surface area contributed by atoms with Crippen molar-refractivity contribution < 1.29 is 5.11 Å². The number of hydrogen-bond acceptors (Lipinski definition) is 3.